The number of carbonyl (C=O) groups is 1. The van der Waals surface area contributed by atoms with Crippen LogP contribution in [0.3, 0.4) is 0 Å². The summed E-state index contributed by atoms with van der Waals surface area (Å²) in [6.07, 6.45) is 6.95. The Balaban J connectivity index is 1.30. The van der Waals surface area contributed by atoms with E-state index in [-0.39, 0.29) is 29.3 Å². The Hall–Kier alpha value is -3.35. The van der Waals surface area contributed by atoms with Crippen LogP contribution in [0.25, 0.3) is 10.9 Å². The molecule has 38 heavy (non-hydrogen) atoms. The molecule has 1 saturated carbocycles. The van der Waals surface area contributed by atoms with Gasteiger partial charge in [-0.2, -0.15) is 0 Å². The number of nitrogens with zero attached hydrogens (tertiary/aromatic N) is 3. The number of piperidine rings is 1. The number of benzene rings is 2. The van der Waals surface area contributed by atoms with Gasteiger partial charge in [-0.05, 0) is 72.7 Å². The van der Waals surface area contributed by atoms with Crippen molar-refractivity contribution < 1.29 is 4.79 Å². The Labute approximate surface area is 227 Å². The summed E-state index contributed by atoms with van der Waals surface area (Å²) >= 11 is 6.25. The standard InChI is InChI=1S/C31H33ClN4O2/c1-34-14-12-22(16-30(34)37)26-11-13-33-17-28(26)31(38)36(25-9-10-25)20-23-19-35(29-8-3-2-7-27(23)29)18-21-5-4-6-24(32)15-21/h2-8,12,14-16,19,25-26,28,33H,9-11,13,17-18,20H2,1H3. The number of carbonyl (C=O) groups excluding carboxylic acids is 1. The number of hydrogen-bond acceptors (Lipinski definition) is 3. The van der Waals surface area contributed by atoms with E-state index in [1.807, 2.05) is 30.5 Å². The molecule has 1 amide bonds. The molecule has 2 atom stereocenters. The first-order valence-electron chi connectivity index (χ1n) is 13.5. The van der Waals surface area contributed by atoms with Crippen LogP contribution in [0.15, 0.2) is 77.9 Å². The van der Waals surface area contributed by atoms with Crippen LogP contribution in [-0.4, -0.2) is 39.1 Å². The Bertz CT molecular complexity index is 1540. The minimum absolute atomic E-state index is 0.0289. The number of hydrogen-bond donors (Lipinski definition) is 1. The van der Waals surface area contributed by atoms with Crippen LogP contribution in [0, 0.1) is 5.92 Å². The van der Waals surface area contributed by atoms with Crippen molar-refractivity contribution in [2.24, 2.45) is 13.0 Å². The highest BCUT2D eigenvalue weighted by Gasteiger charge is 2.40. The molecule has 196 valence electrons. The maximum Gasteiger partial charge on any atom is 0.250 e. The predicted molar refractivity (Wildman–Crippen MR) is 151 cm³/mol. The summed E-state index contributed by atoms with van der Waals surface area (Å²) in [6.45, 7) is 2.80. The zero-order chi connectivity index (χ0) is 26.2. The van der Waals surface area contributed by atoms with E-state index in [1.165, 1.54) is 5.39 Å². The van der Waals surface area contributed by atoms with Crippen LogP contribution in [-0.2, 0) is 24.9 Å². The number of aromatic nitrogens is 2. The Morgan fingerprint density at radius 1 is 1.08 bits per heavy atom. The molecule has 6 nitrogen and oxygen atoms in total. The third-order valence-corrected chi connectivity index (χ3v) is 8.32. The first kappa shape index (κ1) is 25.0. The molecular formula is C31H33ClN4O2. The van der Waals surface area contributed by atoms with Crippen molar-refractivity contribution in [2.75, 3.05) is 13.1 Å². The summed E-state index contributed by atoms with van der Waals surface area (Å²) in [5.74, 6) is 0.0522. The molecule has 2 fully saturated rings. The van der Waals surface area contributed by atoms with Gasteiger partial charge in [0.25, 0.3) is 5.56 Å². The first-order chi connectivity index (χ1) is 18.5. The minimum Gasteiger partial charge on any atom is -0.343 e. The fraction of sp³-hybridized carbons (Fsp3) is 0.355. The third kappa shape index (κ3) is 5.03. The SMILES string of the molecule is Cn1ccc(C2CCNCC2C(=O)N(Cc2cn(Cc3cccc(Cl)c3)c3ccccc23)C2CC2)cc1=O. The van der Waals surface area contributed by atoms with Gasteiger partial charge in [-0.3, -0.25) is 9.59 Å². The van der Waals surface area contributed by atoms with Crippen LogP contribution >= 0.6 is 11.6 Å². The first-order valence-corrected chi connectivity index (χ1v) is 13.8. The average molecular weight is 529 g/mol. The molecule has 3 heterocycles. The third-order valence-electron chi connectivity index (χ3n) is 8.08. The number of para-hydroxylation sites is 1. The van der Waals surface area contributed by atoms with Gasteiger partial charge in [-0.1, -0.05) is 41.9 Å². The maximum absolute atomic E-state index is 14.2. The smallest absolute Gasteiger partial charge is 0.250 e. The van der Waals surface area contributed by atoms with Crippen LogP contribution in [0.4, 0.5) is 0 Å². The van der Waals surface area contributed by atoms with E-state index >= 15 is 0 Å². The minimum atomic E-state index is -0.184. The number of halogens is 1. The zero-order valence-electron chi connectivity index (χ0n) is 21.6. The van der Waals surface area contributed by atoms with Gasteiger partial charge in [0, 0.05) is 67.1 Å². The molecule has 6 rings (SSSR count). The maximum atomic E-state index is 14.2. The number of rotatable bonds is 7. The Morgan fingerprint density at radius 2 is 1.92 bits per heavy atom. The lowest BCUT2D eigenvalue weighted by Crippen LogP contribution is -2.47. The van der Waals surface area contributed by atoms with E-state index in [9.17, 15) is 9.59 Å². The fourth-order valence-electron chi connectivity index (χ4n) is 5.89. The fourth-order valence-corrected chi connectivity index (χ4v) is 6.11. The Kier molecular flexibility index (Phi) is 6.85. The van der Waals surface area contributed by atoms with Crippen molar-refractivity contribution in [1.82, 2.24) is 19.4 Å². The van der Waals surface area contributed by atoms with Crippen LogP contribution < -0.4 is 10.9 Å². The number of aryl methyl sites for hydroxylation is 1. The number of pyridine rings is 1. The van der Waals surface area contributed by atoms with Gasteiger partial charge in [0.1, 0.15) is 0 Å². The van der Waals surface area contributed by atoms with Gasteiger partial charge in [-0.15, -0.1) is 0 Å². The van der Waals surface area contributed by atoms with Crippen molar-refractivity contribution >= 4 is 28.4 Å². The molecule has 2 aromatic carbocycles. The molecule has 2 unspecified atom stereocenters. The highest BCUT2D eigenvalue weighted by atomic mass is 35.5. The van der Waals surface area contributed by atoms with Gasteiger partial charge in [0.2, 0.25) is 5.91 Å². The van der Waals surface area contributed by atoms with Crippen LogP contribution in [0.5, 0.6) is 0 Å². The largest absolute Gasteiger partial charge is 0.343 e. The second-order valence-electron chi connectivity index (χ2n) is 10.7. The monoisotopic (exact) mass is 528 g/mol. The van der Waals surface area contributed by atoms with E-state index in [1.54, 1.807) is 17.7 Å². The lowest BCUT2D eigenvalue weighted by atomic mass is 9.80. The quantitative estimate of drug-likeness (QED) is 0.370. The van der Waals surface area contributed by atoms with E-state index in [4.69, 9.17) is 11.6 Å². The van der Waals surface area contributed by atoms with E-state index in [2.05, 4.69) is 51.3 Å². The molecule has 7 heteroatoms. The van der Waals surface area contributed by atoms with Crippen LogP contribution in [0.2, 0.25) is 5.02 Å². The number of fused-ring (bicyclic) bond motifs is 1. The summed E-state index contributed by atoms with van der Waals surface area (Å²) in [6, 6.07) is 20.4. The number of nitrogens with one attached hydrogen (secondary N) is 1. The van der Waals surface area contributed by atoms with E-state index < -0.39 is 0 Å². The molecule has 1 N–H and O–H groups in total. The lowest BCUT2D eigenvalue weighted by Gasteiger charge is -2.35. The topological polar surface area (TPSA) is 59.3 Å². The molecule has 1 aliphatic carbocycles. The molecule has 2 aromatic heterocycles. The summed E-state index contributed by atoms with van der Waals surface area (Å²) in [4.78, 5) is 28.7. The lowest BCUT2D eigenvalue weighted by molar-refractivity contribution is -0.138. The van der Waals surface area contributed by atoms with Crippen molar-refractivity contribution in [3.63, 3.8) is 0 Å². The average Bonchev–Trinajstić information content (AvgIpc) is 3.72. The Morgan fingerprint density at radius 3 is 2.71 bits per heavy atom. The summed E-state index contributed by atoms with van der Waals surface area (Å²) in [5, 5.41) is 5.35. The highest BCUT2D eigenvalue weighted by Crippen LogP contribution is 2.37. The molecular weight excluding hydrogens is 496 g/mol. The summed E-state index contributed by atoms with van der Waals surface area (Å²) in [5.41, 5.74) is 4.41. The van der Waals surface area contributed by atoms with Crippen molar-refractivity contribution in [3.05, 3.63) is 105 Å². The van der Waals surface area contributed by atoms with Gasteiger partial charge in [0.05, 0.1) is 5.92 Å². The van der Waals surface area contributed by atoms with Crippen molar-refractivity contribution in [3.8, 4) is 0 Å². The van der Waals surface area contributed by atoms with Crippen molar-refractivity contribution in [2.45, 2.75) is 44.3 Å². The highest BCUT2D eigenvalue weighted by molar-refractivity contribution is 6.30. The molecule has 1 saturated heterocycles. The summed E-state index contributed by atoms with van der Waals surface area (Å²) < 4.78 is 3.84. The van der Waals surface area contributed by atoms with E-state index in [0.717, 1.165) is 59.6 Å². The normalized spacial score (nSPS) is 19.5. The van der Waals surface area contributed by atoms with Gasteiger partial charge >= 0.3 is 0 Å². The van der Waals surface area contributed by atoms with E-state index in [0.29, 0.717) is 13.1 Å². The predicted octanol–water partition coefficient (Wildman–Crippen LogP) is 4.93. The molecule has 2 aliphatic rings. The summed E-state index contributed by atoms with van der Waals surface area (Å²) in [7, 11) is 1.76. The van der Waals surface area contributed by atoms with Gasteiger partial charge < -0.3 is 19.4 Å². The molecule has 0 radical (unpaired) electrons. The second kappa shape index (κ2) is 10.4. The molecule has 4 aromatic rings. The van der Waals surface area contributed by atoms with Crippen molar-refractivity contribution in [1.29, 1.82) is 0 Å². The zero-order valence-corrected chi connectivity index (χ0v) is 22.4. The molecule has 0 bridgehead atoms. The molecule has 0 spiro atoms. The van der Waals surface area contributed by atoms with Crippen LogP contribution in [0.1, 0.15) is 41.9 Å². The number of amides is 1. The van der Waals surface area contributed by atoms with Gasteiger partial charge in [-0.25, -0.2) is 0 Å². The second-order valence-corrected chi connectivity index (χ2v) is 11.2. The van der Waals surface area contributed by atoms with Gasteiger partial charge in [0.15, 0.2) is 0 Å². The molecule has 1 aliphatic heterocycles.